The van der Waals surface area contributed by atoms with Gasteiger partial charge in [0.15, 0.2) is 5.82 Å². The maximum Gasteiger partial charge on any atom is 0.222 e. The molecular formula is C24H34N4O. The van der Waals surface area contributed by atoms with Gasteiger partial charge in [-0.05, 0) is 26.7 Å². The second-order valence-corrected chi connectivity index (χ2v) is 7.98. The number of benzene rings is 1. The number of hydrogen-bond acceptors (Lipinski definition) is 4. The first-order valence-electron chi connectivity index (χ1n) is 11.0. The summed E-state index contributed by atoms with van der Waals surface area (Å²) in [6.07, 6.45) is 4.87. The number of aromatic nitrogens is 2. The Morgan fingerprint density at radius 2 is 1.66 bits per heavy atom. The first kappa shape index (κ1) is 21.3. The molecule has 2 heterocycles. The number of aryl methyl sites for hydroxylation is 2. The van der Waals surface area contributed by atoms with Crippen molar-refractivity contribution < 1.29 is 4.79 Å². The molecule has 1 amide bonds. The van der Waals surface area contributed by atoms with E-state index in [1.54, 1.807) is 0 Å². The molecule has 0 atom stereocenters. The van der Waals surface area contributed by atoms with Crippen LogP contribution >= 0.6 is 0 Å². The van der Waals surface area contributed by atoms with E-state index in [1.807, 2.05) is 4.90 Å². The molecule has 0 radical (unpaired) electrons. The molecule has 0 unspecified atom stereocenters. The third-order valence-corrected chi connectivity index (χ3v) is 5.78. The molecular weight excluding hydrogens is 360 g/mol. The van der Waals surface area contributed by atoms with E-state index in [1.165, 1.54) is 11.1 Å². The van der Waals surface area contributed by atoms with Crippen LogP contribution in [0.3, 0.4) is 0 Å². The van der Waals surface area contributed by atoms with Crippen molar-refractivity contribution >= 4 is 11.7 Å². The van der Waals surface area contributed by atoms with Crippen molar-refractivity contribution in [2.24, 2.45) is 0 Å². The minimum absolute atomic E-state index is 0.299. The van der Waals surface area contributed by atoms with Crippen LogP contribution in [-0.4, -0.2) is 47.0 Å². The minimum Gasteiger partial charge on any atom is -0.353 e. The number of piperazine rings is 1. The standard InChI is InChI=1S/C24H34N4O/c1-5-7-8-9-22(29)27-14-16-28(17-15-27)24-21(6-2)19(4)25-23(26-24)20-12-10-18(3)11-13-20/h10-13H,5-9,14-17H2,1-4H3. The van der Waals surface area contributed by atoms with Gasteiger partial charge in [-0.2, -0.15) is 0 Å². The van der Waals surface area contributed by atoms with Crippen molar-refractivity contribution in [1.29, 1.82) is 0 Å². The van der Waals surface area contributed by atoms with Crippen LogP contribution in [0.2, 0.25) is 0 Å². The number of nitrogens with zero attached hydrogens (tertiary/aromatic N) is 4. The maximum atomic E-state index is 12.4. The zero-order valence-electron chi connectivity index (χ0n) is 18.4. The fourth-order valence-corrected chi connectivity index (χ4v) is 3.94. The van der Waals surface area contributed by atoms with E-state index in [4.69, 9.17) is 9.97 Å². The molecule has 1 aromatic heterocycles. The van der Waals surface area contributed by atoms with Crippen LogP contribution in [0.1, 0.15) is 56.4 Å². The van der Waals surface area contributed by atoms with E-state index in [0.29, 0.717) is 12.3 Å². The molecule has 0 N–H and O–H groups in total. The molecule has 1 aromatic carbocycles. The van der Waals surface area contributed by atoms with Gasteiger partial charge in [0.25, 0.3) is 0 Å². The highest BCUT2D eigenvalue weighted by Gasteiger charge is 2.24. The van der Waals surface area contributed by atoms with Crippen LogP contribution in [0.5, 0.6) is 0 Å². The van der Waals surface area contributed by atoms with Gasteiger partial charge >= 0.3 is 0 Å². The average Bonchev–Trinajstić information content (AvgIpc) is 2.74. The fraction of sp³-hybridized carbons (Fsp3) is 0.542. The quantitative estimate of drug-likeness (QED) is 0.647. The summed E-state index contributed by atoms with van der Waals surface area (Å²) in [6.45, 7) is 11.7. The van der Waals surface area contributed by atoms with Crippen LogP contribution in [-0.2, 0) is 11.2 Å². The minimum atomic E-state index is 0.299. The lowest BCUT2D eigenvalue weighted by Crippen LogP contribution is -2.49. The fourth-order valence-electron chi connectivity index (χ4n) is 3.94. The van der Waals surface area contributed by atoms with Crippen LogP contribution < -0.4 is 4.90 Å². The Morgan fingerprint density at radius 3 is 2.28 bits per heavy atom. The van der Waals surface area contributed by atoms with Gasteiger partial charge in [-0.15, -0.1) is 0 Å². The van der Waals surface area contributed by atoms with Crippen LogP contribution in [0.4, 0.5) is 5.82 Å². The Hall–Kier alpha value is -2.43. The van der Waals surface area contributed by atoms with Gasteiger partial charge in [-0.1, -0.05) is 56.5 Å². The molecule has 3 rings (SSSR count). The number of rotatable bonds is 7. The summed E-state index contributed by atoms with van der Waals surface area (Å²) >= 11 is 0. The van der Waals surface area contributed by atoms with Gasteiger partial charge in [-0.3, -0.25) is 4.79 Å². The Bertz CT molecular complexity index is 824. The summed E-state index contributed by atoms with van der Waals surface area (Å²) in [5, 5.41) is 0. The largest absolute Gasteiger partial charge is 0.353 e. The number of anilines is 1. The monoisotopic (exact) mass is 394 g/mol. The van der Waals surface area contributed by atoms with Gasteiger partial charge in [0, 0.05) is 49.4 Å². The van der Waals surface area contributed by atoms with Crippen LogP contribution in [0, 0.1) is 13.8 Å². The third kappa shape index (κ3) is 5.14. The Kier molecular flexibility index (Phi) is 7.24. The van der Waals surface area contributed by atoms with Crippen molar-refractivity contribution in [2.45, 2.75) is 59.8 Å². The maximum absolute atomic E-state index is 12.4. The number of hydrogen-bond donors (Lipinski definition) is 0. The summed E-state index contributed by atoms with van der Waals surface area (Å²) in [5.74, 6) is 2.12. The predicted octanol–water partition coefficient (Wildman–Crippen LogP) is 4.55. The van der Waals surface area contributed by atoms with Crippen molar-refractivity contribution in [3.8, 4) is 11.4 Å². The van der Waals surface area contributed by atoms with Crippen LogP contribution in [0.15, 0.2) is 24.3 Å². The van der Waals surface area contributed by atoms with Gasteiger partial charge in [0.2, 0.25) is 5.91 Å². The molecule has 5 nitrogen and oxygen atoms in total. The topological polar surface area (TPSA) is 49.3 Å². The van der Waals surface area contributed by atoms with E-state index in [0.717, 1.165) is 74.8 Å². The molecule has 0 spiro atoms. The Balaban J connectivity index is 1.76. The third-order valence-electron chi connectivity index (χ3n) is 5.78. The first-order chi connectivity index (χ1) is 14.0. The molecule has 1 aliphatic rings. The van der Waals surface area contributed by atoms with Crippen molar-refractivity contribution in [3.63, 3.8) is 0 Å². The first-order valence-corrected chi connectivity index (χ1v) is 11.0. The molecule has 0 aliphatic carbocycles. The summed E-state index contributed by atoms with van der Waals surface area (Å²) in [7, 11) is 0. The van der Waals surface area contributed by atoms with E-state index in [2.05, 4.69) is 56.9 Å². The SMILES string of the molecule is CCCCCC(=O)N1CCN(c2nc(-c3ccc(C)cc3)nc(C)c2CC)CC1. The molecule has 1 fully saturated rings. The molecule has 156 valence electrons. The van der Waals surface area contributed by atoms with Gasteiger partial charge < -0.3 is 9.80 Å². The summed E-state index contributed by atoms with van der Waals surface area (Å²) in [4.78, 5) is 26.5. The Morgan fingerprint density at radius 1 is 0.966 bits per heavy atom. The molecule has 5 heteroatoms. The highest BCUT2D eigenvalue weighted by molar-refractivity contribution is 5.76. The van der Waals surface area contributed by atoms with Gasteiger partial charge in [0.1, 0.15) is 5.82 Å². The summed E-state index contributed by atoms with van der Waals surface area (Å²) < 4.78 is 0. The summed E-state index contributed by atoms with van der Waals surface area (Å²) in [5.41, 5.74) is 4.54. The normalized spacial score (nSPS) is 14.3. The van der Waals surface area contributed by atoms with Crippen LogP contribution in [0.25, 0.3) is 11.4 Å². The number of unbranched alkanes of at least 4 members (excludes halogenated alkanes) is 2. The van der Waals surface area contributed by atoms with E-state index < -0.39 is 0 Å². The van der Waals surface area contributed by atoms with E-state index in [9.17, 15) is 4.79 Å². The highest BCUT2D eigenvalue weighted by Crippen LogP contribution is 2.27. The second-order valence-electron chi connectivity index (χ2n) is 7.98. The molecule has 0 bridgehead atoms. The average molecular weight is 395 g/mol. The van der Waals surface area contributed by atoms with Gasteiger partial charge in [-0.25, -0.2) is 9.97 Å². The molecule has 2 aromatic rings. The predicted molar refractivity (Wildman–Crippen MR) is 119 cm³/mol. The zero-order chi connectivity index (χ0) is 20.8. The van der Waals surface area contributed by atoms with E-state index in [-0.39, 0.29) is 0 Å². The Labute approximate surface area is 175 Å². The number of carbonyl (C=O) groups excluding carboxylic acids is 1. The molecule has 0 saturated carbocycles. The molecule has 1 aliphatic heterocycles. The number of amides is 1. The van der Waals surface area contributed by atoms with Crippen molar-refractivity contribution in [3.05, 3.63) is 41.1 Å². The molecule has 29 heavy (non-hydrogen) atoms. The van der Waals surface area contributed by atoms with E-state index >= 15 is 0 Å². The lowest BCUT2D eigenvalue weighted by molar-refractivity contribution is -0.131. The lowest BCUT2D eigenvalue weighted by atomic mass is 10.1. The lowest BCUT2D eigenvalue weighted by Gasteiger charge is -2.36. The van der Waals surface area contributed by atoms with Crippen molar-refractivity contribution in [2.75, 3.05) is 31.1 Å². The second kappa shape index (κ2) is 9.86. The summed E-state index contributed by atoms with van der Waals surface area (Å²) in [6, 6.07) is 8.38. The zero-order valence-corrected chi connectivity index (χ0v) is 18.4. The number of carbonyl (C=O) groups is 1. The highest BCUT2D eigenvalue weighted by atomic mass is 16.2. The molecule has 1 saturated heterocycles. The smallest absolute Gasteiger partial charge is 0.222 e. The van der Waals surface area contributed by atoms with Gasteiger partial charge in [0.05, 0.1) is 0 Å². The van der Waals surface area contributed by atoms with Crippen molar-refractivity contribution in [1.82, 2.24) is 14.9 Å².